The lowest BCUT2D eigenvalue weighted by Gasteiger charge is -2.35. The Morgan fingerprint density at radius 1 is 1.15 bits per heavy atom. The highest BCUT2D eigenvalue weighted by atomic mass is 35.5. The summed E-state index contributed by atoms with van der Waals surface area (Å²) in [5.41, 5.74) is 3.91. The largest absolute Gasteiger partial charge is 0.479 e. The quantitative estimate of drug-likeness (QED) is 0.249. The van der Waals surface area contributed by atoms with Gasteiger partial charge in [0.15, 0.2) is 6.10 Å². The predicted molar refractivity (Wildman–Crippen MR) is 166 cm³/mol. The minimum absolute atomic E-state index is 0.569. The molecule has 1 saturated heterocycles. The minimum atomic E-state index is -1.16. The van der Waals surface area contributed by atoms with Gasteiger partial charge in [-0.3, -0.25) is 0 Å². The van der Waals surface area contributed by atoms with Crippen molar-refractivity contribution in [3.8, 4) is 21.8 Å². The molecule has 5 rings (SSSR count). The molecular weight excluding hydrogens is 558 g/mol. The Balaban J connectivity index is 1.62. The Hall–Kier alpha value is -3.11. The zero-order chi connectivity index (χ0) is 29.5. The number of rotatable bonds is 7. The van der Waals surface area contributed by atoms with Gasteiger partial charge in [-0.1, -0.05) is 23.7 Å². The molecule has 0 bridgehead atoms. The summed E-state index contributed by atoms with van der Waals surface area (Å²) in [6.45, 7) is 9.30. The van der Waals surface area contributed by atoms with Gasteiger partial charge in [-0.2, -0.15) is 0 Å². The zero-order valence-corrected chi connectivity index (χ0v) is 25.9. The highest BCUT2D eigenvalue weighted by molar-refractivity contribution is 7.22. The van der Waals surface area contributed by atoms with E-state index in [1.54, 1.807) is 6.20 Å². The van der Waals surface area contributed by atoms with Gasteiger partial charge in [0, 0.05) is 41.5 Å². The van der Waals surface area contributed by atoms with Crippen LogP contribution < -0.4 is 4.90 Å². The Bertz CT molecular complexity index is 1560. The first-order valence-electron chi connectivity index (χ1n) is 13.8. The maximum Gasteiger partial charge on any atom is 0.337 e. The van der Waals surface area contributed by atoms with E-state index in [4.69, 9.17) is 26.3 Å². The molecule has 4 aromatic rings. The zero-order valence-electron chi connectivity index (χ0n) is 24.3. The molecule has 1 fully saturated rings. The summed E-state index contributed by atoms with van der Waals surface area (Å²) in [6, 6.07) is 11.8. The molecule has 1 N–H and O–H groups in total. The van der Waals surface area contributed by atoms with E-state index < -0.39 is 17.7 Å². The second kappa shape index (κ2) is 11.6. The minimum Gasteiger partial charge on any atom is -0.479 e. The summed E-state index contributed by atoms with van der Waals surface area (Å²) in [7, 11) is 4.26. The molecule has 2 aromatic carbocycles. The lowest BCUT2D eigenvalue weighted by atomic mass is 9.91. The van der Waals surface area contributed by atoms with Gasteiger partial charge in [0.05, 0.1) is 15.8 Å². The van der Waals surface area contributed by atoms with E-state index in [-0.39, 0.29) is 0 Å². The van der Waals surface area contributed by atoms with Crippen LogP contribution in [-0.2, 0) is 9.53 Å². The molecule has 216 valence electrons. The Morgan fingerprint density at radius 2 is 1.83 bits per heavy atom. The van der Waals surface area contributed by atoms with Crippen molar-refractivity contribution in [1.82, 2.24) is 19.9 Å². The second-order valence-electron chi connectivity index (χ2n) is 11.7. The standard InChI is InChI=1S/C31H36ClN5O3S/c1-18-17-23-27(25(19-7-9-20(32)10-8-19)24(18)26(29(38)39)40-31(2,3)4)41-28(34-23)22-11-14-33-30(35-22)37-15-12-21(13-16-37)36(5)6/h7-11,14,17,21,26H,12-13,15-16H2,1-6H3,(H,38,39)/t26-/m0/s1. The molecule has 1 aliphatic rings. The van der Waals surface area contributed by atoms with Gasteiger partial charge in [-0.25, -0.2) is 19.7 Å². The van der Waals surface area contributed by atoms with E-state index >= 15 is 0 Å². The number of thiazole rings is 1. The SMILES string of the molecule is Cc1cc2nc(-c3ccnc(N4CCC(N(C)C)CC4)n3)sc2c(-c2ccc(Cl)cc2)c1[C@H](OC(C)(C)C)C(=O)O. The van der Waals surface area contributed by atoms with Crippen LogP contribution in [0.25, 0.3) is 32.0 Å². The van der Waals surface area contributed by atoms with E-state index in [9.17, 15) is 9.90 Å². The average molecular weight is 594 g/mol. The fraction of sp³-hybridized carbons (Fsp3) is 0.419. The van der Waals surface area contributed by atoms with E-state index in [1.165, 1.54) is 11.3 Å². The smallest absolute Gasteiger partial charge is 0.337 e. The Morgan fingerprint density at radius 3 is 2.44 bits per heavy atom. The van der Waals surface area contributed by atoms with Crippen LogP contribution in [0.2, 0.25) is 5.02 Å². The van der Waals surface area contributed by atoms with E-state index in [1.807, 2.05) is 64.1 Å². The van der Waals surface area contributed by atoms with Crippen molar-refractivity contribution < 1.29 is 14.6 Å². The van der Waals surface area contributed by atoms with Crippen LogP contribution in [0.5, 0.6) is 0 Å². The first kappa shape index (κ1) is 29.4. The maximum atomic E-state index is 12.6. The van der Waals surface area contributed by atoms with Gasteiger partial charge in [0.2, 0.25) is 5.95 Å². The van der Waals surface area contributed by atoms with Crippen LogP contribution in [0.3, 0.4) is 0 Å². The molecule has 0 saturated carbocycles. The highest BCUT2D eigenvalue weighted by Crippen LogP contribution is 2.44. The molecule has 2 aromatic heterocycles. The normalized spacial score (nSPS) is 15.6. The number of anilines is 1. The molecule has 41 heavy (non-hydrogen) atoms. The lowest BCUT2D eigenvalue weighted by molar-refractivity contribution is -0.160. The molecule has 0 radical (unpaired) electrons. The van der Waals surface area contributed by atoms with Crippen molar-refractivity contribution in [2.24, 2.45) is 0 Å². The molecule has 1 atom stereocenters. The van der Waals surface area contributed by atoms with Crippen molar-refractivity contribution in [3.63, 3.8) is 0 Å². The first-order valence-corrected chi connectivity index (χ1v) is 15.0. The molecular formula is C31H36ClN5O3S. The van der Waals surface area contributed by atoms with Gasteiger partial charge in [0.1, 0.15) is 10.7 Å². The van der Waals surface area contributed by atoms with Crippen molar-refractivity contribution in [2.45, 2.75) is 58.3 Å². The molecule has 0 unspecified atom stereocenters. The average Bonchev–Trinajstić information content (AvgIpc) is 3.35. The van der Waals surface area contributed by atoms with Gasteiger partial charge < -0.3 is 19.6 Å². The molecule has 8 nitrogen and oxygen atoms in total. The molecule has 0 aliphatic carbocycles. The number of hydrogen-bond donors (Lipinski definition) is 1. The summed E-state index contributed by atoms with van der Waals surface area (Å²) in [5.74, 6) is -0.334. The number of aliphatic carboxylic acids is 1. The van der Waals surface area contributed by atoms with Crippen LogP contribution in [0, 0.1) is 6.92 Å². The first-order chi connectivity index (χ1) is 19.4. The third-order valence-corrected chi connectivity index (χ3v) is 8.72. The summed E-state index contributed by atoms with van der Waals surface area (Å²) in [4.78, 5) is 31.6. The van der Waals surface area contributed by atoms with Crippen LogP contribution in [-0.4, -0.2) is 69.8 Å². The topological polar surface area (TPSA) is 91.7 Å². The van der Waals surface area contributed by atoms with Crippen molar-refractivity contribution in [2.75, 3.05) is 32.1 Å². The van der Waals surface area contributed by atoms with Crippen LogP contribution >= 0.6 is 22.9 Å². The van der Waals surface area contributed by atoms with E-state index in [0.717, 1.165) is 63.5 Å². The maximum absolute atomic E-state index is 12.6. The number of ether oxygens (including phenoxy) is 1. The van der Waals surface area contributed by atoms with Crippen molar-refractivity contribution >= 4 is 45.1 Å². The van der Waals surface area contributed by atoms with Crippen molar-refractivity contribution in [1.29, 1.82) is 0 Å². The number of hydrogen-bond acceptors (Lipinski definition) is 8. The fourth-order valence-electron chi connectivity index (χ4n) is 5.35. The number of aryl methyl sites for hydroxylation is 1. The van der Waals surface area contributed by atoms with Gasteiger partial charge in [0.25, 0.3) is 0 Å². The summed E-state index contributed by atoms with van der Waals surface area (Å²) in [5, 5.41) is 11.7. The second-order valence-corrected chi connectivity index (χ2v) is 13.2. The third-order valence-electron chi connectivity index (χ3n) is 7.36. The number of halogens is 1. The number of nitrogens with zero attached hydrogens (tertiary/aromatic N) is 5. The molecule has 1 aliphatic heterocycles. The fourth-order valence-corrected chi connectivity index (χ4v) is 6.57. The monoisotopic (exact) mass is 593 g/mol. The third kappa shape index (κ3) is 6.38. The number of carboxylic acid groups (broad SMARTS) is 1. The summed E-state index contributed by atoms with van der Waals surface area (Å²) in [6.07, 6.45) is 2.76. The Kier molecular flexibility index (Phi) is 8.34. The molecule has 0 amide bonds. The number of fused-ring (bicyclic) bond motifs is 1. The van der Waals surface area contributed by atoms with Gasteiger partial charge >= 0.3 is 5.97 Å². The van der Waals surface area contributed by atoms with Gasteiger partial charge in [-0.05, 0) is 90.0 Å². The van der Waals surface area contributed by atoms with Crippen LogP contribution in [0.1, 0.15) is 50.8 Å². The highest BCUT2D eigenvalue weighted by Gasteiger charge is 2.32. The molecule has 10 heteroatoms. The van der Waals surface area contributed by atoms with Crippen LogP contribution in [0.15, 0.2) is 42.6 Å². The van der Waals surface area contributed by atoms with Crippen molar-refractivity contribution in [3.05, 3.63) is 58.7 Å². The van der Waals surface area contributed by atoms with Crippen LogP contribution in [0.4, 0.5) is 5.95 Å². The van der Waals surface area contributed by atoms with Gasteiger partial charge in [-0.15, -0.1) is 11.3 Å². The number of carboxylic acids is 1. The number of benzene rings is 2. The number of piperidine rings is 1. The molecule has 0 spiro atoms. The number of carbonyl (C=O) groups is 1. The lowest BCUT2D eigenvalue weighted by Crippen LogP contribution is -2.42. The summed E-state index contributed by atoms with van der Waals surface area (Å²) < 4.78 is 7.00. The molecule has 3 heterocycles. The number of aromatic nitrogens is 3. The summed E-state index contributed by atoms with van der Waals surface area (Å²) >= 11 is 7.72. The van der Waals surface area contributed by atoms with E-state index in [2.05, 4.69) is 28.9 Å². The predicted octanol–water partition coefficient (Wildman–Crippen LogP) is 6.85. The Labute approximate surface area is 250 Å². The van der Waals surface area contributed by atoms with E-state index in [0.29, 0.717) is 22.6 Å².